The second-order valence-electron chi connectivity index (χ2n) is 7.28. The molecule has 2 aromatic carbocycles. The first-order valence-corrected chi connectivity index (χ1v) is 11.5. The molecule has 2 unspecified atom stereocenters. The highest BCUT2D eigenvalue weighted by Gasteiger charge is 2.46. The lowest BCUT2D eigenvalue weighted by Gasteiger charge is -2.17. The van der Waals surface area contributed by atoms with E-state index in [0.29, 0.717) is 22.4 Å². The van der Waals surface area contributed by atoms with Crippen LogP contribution in [0.4, 0.5) is 13.2 Å². The Labute approximate surface area is 199 Å². The molecule has 0 aliphatic carbocycles. The van der Waals surface area contributed by atoms with Crippen LogP contribution in [0.3, 0.4) is 0 Å². The first kappa shape index (κ1) is 23.6. The van der Waals surface area contributed by atoms with Crippen molar-refractivity contribution in [2.24, 2.45) is 0 Å². The number of alkyl halides is 3. The summed E-state index contributed by atoms with van der Waals surface area (Å²) in [6.45, 7) is 1.66. The smallest absolute Gasteiger partial charge is 0.402 e. The van der Waals surface area contributed by atoms with Gasteiger partial charge in [0.25, 0.3) is 5.91 Å². The van der Waals surface area contributed by atoms with E-state index >= 15 is 0 Å². The number of hydrogen-bond acceptors (Lipinski definition) is 4. The molecule has 2 heterocycles. The number of amides is 1. The number of hydroxylamine groups is 1. The molecule has 0 saturated carbocycles. The van der Waals surface area contributed by atoms with Gasteiger partial charge in [0.2, 0.25) is 5.76 Å². The molecule has 5 nitrogen and oxygen atoms in total. The van der Waals surface area contributed by atoms with Crippen LogP contribution in [0.25, 0.3) is 5.57 Å². The molecular formula is C22H15Cl2F3N2O3S. The molecule has 11 heteroatoms. The fraction of sp³-hybridized carbons (Fsp3) is 0.136. The molecule has 0 fully saturated rings. The molecule has 2 aliphatic rings. The summed E-state index contributed by atoms with van der Waals surface area (Å²) >= 11 is 12.0. The van der Waals surface area contributed by atoms with E-state index in [4.69, 9.17) is 28.0 Å². The third-order valence-corrected chi connectivity index (χ3v) is 6.28. The van der Waals surface area contributed by atoms with Gasteiger partial charge in [0.15, 0.2) is 0 Å². The number of benzene rings is 2. The van der Waals surface area contributed by atoms with Crippen molar-refractivity contribution in [1.82, 2.24) is 10.8 Å². The zero-order valence-electron chi connectivity index (χ0n) is 16.8. The second-order valence-corrected chi connectivity index (χ2v) is 9.32. The number of rotatable bonds is 4. The standard InChI is InChI=1S/C22H15Cl2F3N2O3S/c1-11-6-12(2-3-17(11)21(30)28-16-4-5-33(31)10-16)19-18(20(32-29-19)22(25,26)27)13-7-14(23)9-15(24)8-13/h2-10,19,29H,1H3,(H,28,30). The van der Waals surface area contributed by atoms with Crippen molar-refractivity contribution in [3.63, 3.8) is 0 Å². The highest BCUT2D eigenvalue weighted by Crippen LogP contribution is 2.45. The molecule has 0 spiro atoms. The summed E-state index contributed by atoms with van der Waals surface area (Å²) in [6.07, 6.45) is -3.23. The van der Waals surface area contributed by atoms with Crippen LogP contribution in [0.5, 0.6) is 0 Å². The van der Waals surface area contributed by atoms with Crippen molar-refractivity contribution in [2.75, 3.05) is 0 Å². The van der Waals surface area contributed by atoms with E-state index in [2.05, 4.69) is 10.8 Å². The van der Waals surface area contributed by atoms with Gasteiger partial charge < -0.3 is 10.2 Å². The van der Waals surface area contributed by atoms with Gasteiger partial charge in [-0.15, -0.1) is 5.48 Å². The number of carbonyl (C=O) groups excluding carboxylic acids is 1. The van der Waals surface area contributed by atoms with Crippen LogP contribution in [-0.2, 0) is 15.6 Å². The lowest BCUT2D eigenvalue weighted by atomic mass is 9.91. The molecule has 2 atom stereocenters. The maximum absolute atomic E-state index is 13.7. The van der Waals surface area contributed by atoms with Crippen LogP contribution >= 0.6 is 23.2 Å². The molecule has 2 N–H and O–H groups in total. The number of nitrogens with one attached hydrogen (secondary N) is 2. The zero-order valence-corrected chi connectivity index (χ0v) is 19.1. The molecule has 0 radical (unpaired) electrons. The van der Waals surface area contributed by atoms with Crippen molar-refractivity contribution in [1.29, 1.82) is 0 Å². The molecule has 0 saturated heterocycles. The first-order valence-electron chi connectivity index (χ1n) is 9.44. The van der Waals surface area contributed by atoms with Crippen LogP contribution in [-0.4, -0.2) is 16.3 Å². The van der Waals surface area contributed by atoms with Crippen molar-refractivity contribution in [3.05, 3.63) is 97.0 Å². The van der Waals surface area contributed by atoms with Crippen LogP contribution in [0, 0.1) is 6.92 Å². The Morgan fingerprint density at radius 3 is 2.42 bits per heavy atom. The zero-order chi connectivity index (χ0) is 23.9. The van der Waals surface area contributed by atoms with E-state index in [1.807, 2.05) is 0 Å². The summed E-state index contributed by atoms with van der Waals surface area (Å²) in [5, 5.41) is 5.83. The fourth-order valence-electron chi connectivity index (χ4n) is 3.55. The number of allylic oxidation sites excluding steroid dienone is 2. The monoisotopic (exact) mass is 514 g/mol. The van der Waals surface area contributed by atoms with Gasteiger partial charge >= 0.3 is 6.18 Å². The van der Waals surface area contributed by atoms with Crippen molar-refractivity contribution >= 4 is 45.5 Å². The third-order valence-electron chi connectivity index (χ3n) is 4.95. The predicted molar refractivity (Wildman–Crippen MR) is 120 cm³/mol. The van der Waals surface area contributed by atoms with Gasteiger partial charge in [-0.25, -0.2) is 0 Å². The Bertz CT molecular complexity index is 1250. The topological polar surface area (TPSA) is 67.4 Å². The first-order chi connectivity index (χ1) is 15.5. The van der Waals surface area contributed by atoms with Crippen LogP contribution in [0.15, 0.2) is 64.7 Å². The molecular weight excluding hydrogens is 500 g/mol. The third kappa shape index (κ3) is 5.01. The molecule has 2 aromatic rings. The van der Waals surface area contributed by atoms with Gasteiger partial charge in [0.05, 0.1) is 22.5 Å². The molecule has 0 aromatic heterocycles. The Kier molecular flexibility index (Phi) is 6.41. The molecule has 2 aliphatic heterocycles. The number of hydrogen-bond donors (Lipinski definition) is 2. The number of halogens is 5. The minimum Gasteiger partial charge on any atom is -0.402 e. The minimum absolute atomic E-state index is 0.155. The summed E-state index contributed by atoms with van der Waals surface area (Å²) in [7, 11) is -1.27. The van der Waals surface area contributed by atoms with Gasteiger partial charge in [-0.3, -0.25) is 9.00 Å². The molecule has 1 amide bonds. The molecule has 4 rings (SSSR count). The maximum Gasteiger partial charge on any atom is 0.451 e. The van der Waals surface area contributed by atoms with Gasteiger partial charge in [0.1, 0.15) is 0 Å². The number of aryl methyl sites for hydroxylation is 1. The minimum atomic E-state index is -4.76. The van der Waals surface area contributed by atoms with Gasteiger partial charge in [-0.1, -0.05) is 35.3 Å². The van der Waals surface area contributed by atoms with Crippen LogP contribution in [0.2, 0.25) is 10.0 Å². The Morgan fingerprint density at radius 2 is 1.85 bits per heavy atom. The average molecular weight is 515 g/mol. The van der Waals surface area contributed by atoms with E-state index in [1.54, 1.807) is 13.0 Å². The van der Waals surface area contributed by atoms with Crippen LogP contribution < -0.4 is 10.8 Å². The van der Waals surface area contributed by atoms with E-state index in [1.165, 1.54) is 47.2 Å². The fourth-order valence-corrected chi connectivity index (χ4v) is 4.82. The molecule has 0 bridgehead atoms. The molecule has 33 heavy (non-hydrogen) atoms. The normalized spacial score (nSPS) is 20.1. The maximum atomic E-state index is 13.7. The summed E-state index contributed by atoms with van der Waals surface area (Å²) in [5.74, 6) is -1.63. The average Bonchev–Trinajstić information content (AvgIpc) is 3.33. The Hall–Kier alpha value is -2.59. The van der Waals surface area contributed by atoms with Crippen molar-refractivity contribution in [3.8, 4) is 0 Å². The lowest BCUT2D eigenvalue weighted by molar-refractivity contribution is -0.136. The Morgan fingerprint density at radius 1 is 1.15 bits per heavy atom. The van der Waals surface area contributed by atoms with Crippen LogP contribution in [0.1, 0.15) is 33.1 Å². The quantitative estimate of drug-likeness (QED) is 0.549. The van der Waals surface area contributed by atoms with E-state index < -0.39 is 34.7 Å². The van der Waals surface area contributed by atoms with Crippen molar-refractivity contribution in [2.45, 2.75) is 19.1 Å². The van der Waals surface area contributed by atoms with Gasteiger partial charge in [0, 0.05) is 32.0 Å². The van der Waals surface area contributed by atoms with E-state index in [0.717, 1.165) is 0 Å². The molecule has 172 valence electrons. The van der Waals surface area contributed by atoms with Crippen molar-refractivity contribution < 1.29 is 27.0 Å². The predicted octanol–water partition coefficient (Wildman–Crippen LogP) is 5.70. The largest absolute Gasteiger partial charge is 0.451 e. The number of carbonyl (C=O) groups is 1. The lowest BCUT2D eigenvalue weighted by Crippen LogP contribution is -2.23. The summed E-state index contributed by atoms with van der Waals surface area (Å²) in [5.41, 5.74) is 4.10. The highest BCUT2D eigenvalue weighted by molar-refractivity contribution is 7.91. The Balaban J connectivity index is 1.70. The van der Waals surface area contributed by atoms with E-state index in [-0.39, 0.29) is 21.2 Å². The summed E-state index contributed by atoms with van der Waals surface area (Å²) in [4.78, 5) is 17.4. The van der Waals surface area contributed by atoms with Gasteiger partial charge in [-0.2, -0.15) is 13.2 Å². The highest BCUT2D eigenvalue weighted by atomic mass is 35.5. The summed E-state index contributed by atoms with van der Waals surface area (Å²) in [6, 6.07) is 7.81. The summed E-state index contributed by atoms with van der Waals surface area (Å²) < 4.78 is 52.4. The SMILES string of the molecule is Cc1cc(C2NOC(C(F)(F)F)=C2c2cc(Cl)cc(Cl)c2)ccc1C(=O)NC1=CS(=O)C=C1. The van der Waals surface area contributed by atoms with Gasteiger partial charge in [-0.05, 0) is 54.0 Å². The second kappa shape index (κ2) is 8.98. The van der Waals surface area contributed by atoms with E-state index in [9.17, 15) is 22.2 Å².